The Morgan fingerprint density at radius 2 is 2.28 bits per heavy atom. The van der Waals surface area contributed by atoms with Crippen molar-refractivity contribution in [2.24, 2.45) is 11.8 Å². The summed E-state index contributed by atoms with van der Waals surface area (Å²) >= 11 is 0. The lowest BCUT2D eigenvalue weighted by Gasteiger charge is -2.38. The van der Waals surface area contributed by atoms with Crippen molar-refractivity contribution in [2.75, 3.05) is 7.11 Å². The molecule has 2 saturated carbocycles. The van der Waals surface area contributed by atoms with Gasteiger partial charge in [-0.25, -0.2) is 0 Å². The Morgan fingerprint density at radius 3 is 3.00 bits per heavy atom. The lowest BCUT2D eigenvalue weighted by atomic mass is 9.82. The van der Waals surface area contributed by atoms with Gasteiger partial charge in [0.05, 0.1) is 7.11 Å². The molecule has 0 N–H and O–H groups in total. The average Bonchev–Trinajstić information content (AvgIpc) is 2.98. The molecule has 1 aliphatic heterocycles. The highest BCUT2D eigenvalue weighted by molar-refractivity contribution is 5.63. The largest absolute Gasteiger partial charge is 0.497 e. The number of rotatable bonds is 1. The first kappa shape index (κ1) is 10.5. The molecule has 4 rings (SSSR count). The van der Waals surface area contributed by atoms with Gasteiger partial charge in [-0.15, -0.1) is 0 Å². The molecule has 0 saturated heterocycles. The van der Waals surface area contributed by atoms with Gasteiger partial charge >= 0.3 is 0 Å². The zero-order valence-corrected chi connectivity index (χ0v) is 10.7. The van der Waals surface area contributed by atoms with Gasteiger partial charge in [0.15, 0.2) is 0 Å². The molecule has 3 atom stereocenters. The van der Waals surface area contributed by atoms with E-state index in [1.807, 2.05) is 12.1 Å². The van der Waals surface area contributed by atoms with Gasteiger partial charge in [0.25, 0.3) is 0 Å². The van der Waals surface area contributed by atoms with Crippen LogP contribution in [-0.4, -0.2) is 12.7 Å². The van der Waals surface area contributed by atoms with Crippen molar-refractivity contribution in [1.29, 1.82) is 0 Å². The summed E-state index contributed by atoms with van der Waals surface area (Å²) in [5.74, 6) is 3.47. The van der Waals surface area contributed by atoms with E-state index < -0.39 is 0 Å². The van der Waals surface area contributed by atoms with Crippen LogP contribution < -0.4 is 9.47 Å². The number of hydrogen-bond donors (Lipinski definition) is 0. The monoisotopic (exact) mass is 242 g/mol. The van der Waals surface area contributed by atoms with Gasteiger partial charge in [-0.1, -0.05) is 6.08 Å². The van der Waals surface area contributed by atoms with Gasteiger partial charge in [0.2, 0.25) is 0 Å². The minimum absolute atomic E-state index is 0.0116. The van der Waals surface area contributed by atoms with Crippen molar-refractivity contribution in [2.45, 2.75) is 31.3 Å². The van der Waals surface area contributed by atoms with E-state index in [4.69, 9.17) is 9.47 Å². The van der Waals surface area contributed by atoms with E-state index >= 15 is 0 Å². The molecule has 1 spiro atoms. The van der Waals surface area contributed by atoms with Crippen LogP contribution >= 0.6 is 0 Å². The Morgan fingerprint density at radius 1 is 1.33 bits per heavy atom. The topological polar surface area (TPSA) is 18.5 Å². The normalized spacial score (nSPS) is 35.6. The maximum Gasteiger partial charge on any atom is 0.131 e. The average molecular weight is 242 g/mol. The maximum atomic E-state index is 6.39. The van der Waals surface area contributed by atoms with Gasteiger partial charge in [-0.2, -0.15) is 0 Å². The second-order valence-corrected chi connectivity index (χ2v) is 5.87. The molecule has 94 valence electrons. The lowest BCUT2D eigenvalue weighted by Crippen LogP contribution is -2.40. The quantitative estimate of drug-likeness (QED) is 0.748. The Kier molecular flexibility index (Phi) is 2.06. The van der Waals surface area contributed by atoms with Crippen LogP contribution in [0.3, 0.4) is 0 Å². The van der Waals surface area contributed by atoms with Crippen molar-refractivity contribution in [3.63, 3.8) is 0 Å². The number of ether oxygens (including phenoxy) is 2. The zero-order valence-electron chi connectivity index (χ0n) is 10.7. The molecule has 3 unspecified atom stereocenters. The molecule has 0 aromatic heterocycles. The van der Waals surface area contributed by atoms with Gasteiger partial charge in [0.1, 0.15) is 17.1 Å². The minimum atomic E-state index is -0.0116. The predicted octanol–water partition coefficient (Wildman–Crippen LogP) is 3.66. The van der Waals surface area contributed by atoms with Crippen molar-refractivity contribution in [1.82, 2.24) is 0 Å². The minimum Gasteiger partial charge on any atom is -0.497 e. The predicted molar refractivity (Wildman–Crippen MR) is 70.8 cm³/mol. The lowest BCUT2D eigenvalue weighted by molar-refractivity contribution is 0.0578. The van der Waals surface area contributed by atoms with E-state index in [2.05, 4.69) is 18.2 Å². The summed E-state index contributed by atoms with van der Waals surface area (Å²) in [7, 11) is 1.70. The fraction of sp³-hybridized carbons (Fsp3) is 0.500. The molecule has 2 nitrogen and oxygen atoms in total. The Bertz CT molecular complexity index is 520. The second kappa shape index (κ2) is 3.53. The smallest absolute Gasteiger partial charge is 0.131 e. The summed E-state index contributed by atoms with van der Waals surface area (Å²) in [6.07, 6.45) is 9.82. The maximum absolute atomic E-state index is 6.39. The standard InChI is InChI=1S/C16H18O2/c1-17-14-5-3-12-6-7-16(18-15(12)9-14)10-11-2-4-13(16)8-11/h3,5-7,9,11,13H,2,4,8,10H2,1H3. The van der Waals surface area contributed by atoms with E-state index in [1.165, 1.54) is 31.2 Å². The van der Waals surface area contributed by atoms with E-state index in [-0.39, 0.29) is 5.60 Å². The summed E-state index contributed by atoms with van der Waals surface area (Å²) in [5.41, 5.74) is 1.16. The summed E-state index contributed by atoms with van der Waals surface area (Å²) in [5, 5.41) is 0. The first-order valence-corrected chi connectivity index (χ1v) is 6.85. The number of benzene rings is 1. The molecule has 3 aliphatic rings. The first-order valence-electron chi connectivity index (χ1n) is 6.85. The Hall–Kier alpha value is -1.44. The van der Waals surface area contributed by atoms with Crippen LogP contribution in [0.4, 0.5) is 0 Å². The third-order valence-corrected chi connectivity index (χ3v) is 4.91. The van der Waals surface area contributed by atoms with E-state index in [0.29, 0.717) is 0 Å². The molecule has 2 heteroatoms. The van der Waals surface area contributed by atoms with Crippen LogP contribution in [0.5, 0.6) is 11.5 Å². The Balaban J connectivity index is 1.72. The summed E-state index contributed by atoms with van der Waals surface area (Å²) < 4.78 is 11.7. The molecular formula is C16H18O2. The van der Waals surface area contributed by atoms with Crippen molar-refractivity contribution in [3.05, 3.63) is 29.8 Å². The van der Waals surface area contributed by atoms with Crippen LogP contribution in [0, 0.1) is 11.8 Å². The second-order valence-electron chi connectivity index (χ2n) is 5.87. The highest BCUT2D eigenvalue weighted by Crippen LogP contribution is 2.55. The van der Waals surface area contributed by atoms with Gasteiger partial charge in [-0.05, 0) is 49.8 Å². The third-order valence-electron chi connectivity index (χ3n) is 4.91. The van der Waals surface area contributed by atoms with Crippen LogP contribution in [-0.2, 0) is 0 Å². The SMILES string of the molecule is COc1ccc2c(c1)OC1(C=C2)CC2CCC1C2. The fourth-order valence-electron chi connectivity index (χ4n) is 3.99. The van der Waals surface area contributed by atoms with Gasteiger partial charge in [-0.3, -0.25) is 0 Å². The van der Waals surface area contributed by atoms with E-state index in [1.54, 1.807) is 7.11 Å². The number of methoxy groups -OCH3 is 1. The van der Waals surface area contributed by atoms with E-state index in [9.17, 15) is 0 Å². The zero-order chi connectivity index (χ0) is 12.2. The summed E-state index contributed by atoms with van der Waals surface area (Å²) in [4.78, 5) is 0. The van der Waals surface area contributed by atoms with Crippen LogP contribution in [0.2, 0.25) is 0 Å². The molecule has 0 radical (unpaired) electrons. The van der Waals surface area contributed by atoms with Crippen molar-refractivity contribution >= 4 is 6.08 Å². The van der Waals surface area contributed by atoms with Crippen LogP contribution in [0.15, 0.2) is 24.3 Å². The van der Waals surface area contributed by atoms with Crippen LogP contribution in [0.25, 0.3) is 6.08 Å². The number of fused-ring (bicyclic) bond motifs is 4. The molecular weight excluding hydrogens is 224 g/mol. The molecule has 2 aliphatic carbocycles. The van der Waals surface area contributed by atoms with Crippen molar-refractivity contribution < 1.29 is 9.47 Å². The fourth-order valence-corrected chi connectivity index (χ4v) is 3.99. The van der Waals surface area contributed by atoms with Crippen molar-refractivity contribution in [3.8, 4) is 11.5 Å². The van der Waals surface area contributed by atoms with Crippen LogP contribution in [0.1, 0.15) is 31.2 Å². The highest BCUT2D eigenvalue weighted by Gasteiger charge is 2.52. The van der Waals surface area contributed by atoms with Gasteiger partial charge < -0.3 is 9.47 Å². The molecule has 2 fully saturated rings. The van der Waals surface area contributed by atoms with E-state index in [0.717, 1.165) is 23.3 Å². The Labute approximate surface area is 108 Å². The molecule has 1 heterocycles. The summed E-state index contributed by atoms with van der Waals surface area (Å²) in [6.45, 7) is 0. The number of hydrogen-bond acceptors (Lipinski definition) is 2. The molecule has 18 heavy (non-hydrogen) atoms. The third kappa shape index (κ3) is 1.35. The molecule has 2 bridgehead atoms. The molecule has 1 aromatic rings. The molecule has 1 aromatic carbocycles. The first-order chi connectivity index (χ1) is 8.79. The summed E-state index contributed by atoms with van der Waals surface area (Å²) in [6, 6.07) is 6.09. The van der Waals surface area contributed by atoms with Gasteiger partial charge in [0, 0.05) is 17.5 Å². The molecule has 0 amide bonds. The highest BCUT2D eigenvalue weighted by atomic mass is 16.5.